The maximum Gasteiger partial charge on any atom is 0.220 e. The van der Waals surface area contributed by atoms with E-state index < -0.39 is 30.6 Å². The molecule has 0 radical (unpaired) electrons. The van der Waals surface area contributed by atoms with Crippen molar-refractivity contribution in [2.24, 2.45) is 11.0 Å². The quantitative estimate of drug-likeness (QED) is 0.163. The second kappa shape index (κ2) is 8.22. The van der Waals surface area contributed by atoms with Gasteiger partial charge in [0.1, 0.15) is 24.1 Å². The van der Waals surface area contributed by atoms with Crippen molar-refractivity contribution in [2.45, 2.75) is 37.9 Å². The summed E-state index contributed by atoms with van der Waals surface area (Å²) in [5, 5.41) is 47.0. The molecule has 0 aliphatic carbocycles. The standard InChI is InChI=1S/C19H22N8O5/c1-9(2)19(15(31)14(30)12(7-28)32-19)27-8-21-13-16(22-10-3-5-11(29)6-4-10)23-18(25-26-20)24-17(13)27/h3-6,8-9,12,14-15,28-31H,7H2,1-2H3,(H,22,23,24)/t12-,14-,15-,19-/m1/s1. The van der Waals surface area contributed by atoms with Crippen molar-refractivity contribution in [1.29, 1.82) is 0 Å². The number of ether oxygens (including phenoxy) is 1. The van der Waals surface area contributed by atoms with Crippen LogP contribution in [-0.2, 0) is 10.5 Å². The molecule has 3 aromatic rings. The van der Waals surface area contributed by atoms with Crippen LogP contribution < -0.4 is 5.32 Å². The number of aromatic hydroxyl groups is 1. The van der Waals surface area contributed by atoms with Crippen LogP contribution in [-0.4, -0.2) is 64.9 Å². The molecule has 0 bridgehead atoms. The Kier molecular flexibility index (Phi) is 5.59. The molecule has 0 spiro atoms. The highest BCUT2D eigenvalue weighted by atomic mass is 16.6. The average Bonchev–Trinajstić information content (AvgIpc) is 3.30. The fourth-order valence-electron chi connectivity index (χ4n) is 3.93. The zero-order valence-electron chi connectivity index (χ0n) is 17.2. The van der Waals surface area contributed by atoms with Crippen LogP contribution in [0.2, 0.25) is 0 Å². The minimum Gasteiger partial charge on any atom is -0.508 e. The van der Waals surface area contributed by atoms with Crippen molar-refractivity contribution in [3.63, 3.8) is 0 Å². The lowest BCUT2D eigenvalue weighted by Crippen LogP contribution is -2.49. The highest BCUT2D eigenvalue weighted by Crippen LogP contribution is 2.43. The van der Waals surface area contributed by atoms with Gasteiger partial charge >= 0.3 is 0 Å². The fraction of sp³-hybridized carbons (Fsp3) is 0.421. The minimum absolute atomic E-state index is 0.0886. The smallest absolute Gasteiger partial charge is 0.220 e. The Balaban J connectivity index is 1.90. The predicted octanol–water partition coefficient (Wildman–Crippen LogP) is 1.64. The molecule has 13 nitrogen and oxygen atoms in total. The Bertz CT molecular complexity index is 1180. The van der Waals surface area contributed by atoms with Gasteiger partial charge in [0.15, 0.2) is 22.7 Å². The van der Waals surface area contributed by atoms with Gasteiger partial charge in [-0.1, -0.05) is 13.8 Å². The van der Waals surface area contributed by atoms with E-state index in [0.717, 1.165) is 0 Å². The molecule has 3 heterocycles. The molecule has 32 heavy (non-hydrogen) atoms. The number of phenols is 1. The van der Waals surface area contributed by atoms with Crippen LogP contribution in [0.3, 0.4) is 0 Å². The SMILES string of the molecule is CC(C)[C@@]1(n2cnc3c(Nc4ccc(O)cc4)nc(N=[N+]=[N-])nc32)O[C@H](CO)[C@@H](O)[C@H]1O. The van der Waals surface area contributed by atoms with Crippen molar-refractivity contribution in [2.75, 3.05) is 11.9 Å². The minimum atomic E-state index is -1.50. The number of hydrogen-bond acceptors (Lipinski definition) is 10. The van der Waals surface area contributed by atoms with Gasteiger partial charge in [0, 0.05) is 16.5 Å². The number of imidazole rings is 1. The van der Waals surface area contributed by atoms with E-state index in [0.29, 0.717) is 5.69 Å². The van der Waals surface area contributed by atoms with Gasteiger partial charge < -0.3 is 30.5 Å². The van der Waals surface area contributed by atoms with Gasteiger partial charge in [-0.15, -0.1) is 0 Å². The first-order chi connectivity index (χ1) is 15.3. The molecule has 13 heteroatoms. The Labute approximate surface area is 181 Å². The van der Waals surface area contributed by atoms with Crippen LogP contribution >= 0.6 is 0 Å². The lowest BCUT2D eigenvalue weighted by atomic mass is 9.91. The van der Waals surface area contributed by atoms with Crippen LogP contribution in [0.25, 0.3) is 21.6 Å². The second-order valence-corrected chi connectivity index (χ2v) is 7.70. The third kappa shape index (κ3) is 3.38. The maximum absolute atomic E-state index is 10.9. The van der Waals surface area contributed by atoms with E-state index in [9.17, 15) is 20.4 Å². The number of aliphatic hydroxyl groups excluding tert-OH is 3. The zero-order valence-corrected chi connectivity index (χ0v) is 17.2. The predicted molar refractivity (Wildman–Crippen MR) is 112 cm³/mol. The van der Waals surface area contributed by atoms with E-state index in [1.54, 1.807) is 26.0 Å². The van der Waals surface area contributed by atoms with Gasteiger partial charge in [0.2, 0.25) is 5.95 Å². The second-order valence-electron chi connectivity index (χ2n) is 7.70. The molecule has 168 valence electrons. The number of aromatic nitrogens is 4. The third-order valence-electron chi connectivity index (χ3n) is 5.50. The van der Waals surface area contributed by atoms with Gasteiger partial charge in [-0.2, -0.15) is 0 Å². The molecular weight excluding hydrogens is 420 g/mol. The summed E-state index contributed by atoms with van der Waals surface area (Å²) in [7, 11) is 0. The van der Waals surface area contributed by atoms with E-state index >= 15 is 0 Å². The van der Waals surface area contributed by atoms with Gasteiger partial charge in [-0.25, -0.2) is 15.0 Å². The number of azide groups is 1. The molecule has 0 amide bonds. The first kappa shape index (κ1) is 21.7. The fourth-order valence-corrected chi connectivity index (χ4v) is 3.93. The third-order valence-corrected chi connectivity index (χ3v) is 5.50. The molecule has 5 N–H and O–H groups in total. The summed E-state index contributed by atoms with van der Waals surface area (Å²) in [6.07, 6.45) is -2.37. The molecule has 0 saturated carbocycles. The zero-order chi connectivity index (χ0) is 23.0. The lowest BCUT2D eigenvalue weighted by Gasteiger charge is -2.37. The number of nitrogens with one attached hydrogen (secondary N) is 1. The van der Waals surface area contributed by atoms with Crippen LogP contribution in [0.5, 0.6) is 5.75 Å². The summed E-state index contributed by atoms with van der Waals surface area (Å²) in [5.41, 5.74) is 8.45. The van der Waals surface area contributed by atoms with Gasteiger partial charge in [0.05, 0.1) is 12.9 Å². The summed E-state index contributed by atoms with van der Waals surface area (Å²) in [5.74, 6) is -0.278. The van der Waals surface area contributed by atoms with Gasteiger partial charge in [-0.3, -0.25) is 4.57 Å². The summed E-state index contributed by atoms with van der Waals surface area (Å²) >= 11 is 0. The van der Waals surface area contributed by atoms with Gasteiger partial charge in [0.25, 0.3) is 0 Å². The molecule has 0 unspecified atom stereocenters. The van der Waals surface area contributed by atoms with Crippen molar-refractivity contribution in [3.05, 3.63) is 41.0 Å². The van der Waals surface area contributed by atoms with Crippen LogP contribution in [0.1, 0.15) is 13.8 Å². The average molecular weight is 442 g/mol. The monoisotopic (exact) mass is 442 g/mol. The van der Waals surface area contributed by atoms with Crippen molar-refractivity contribution in [3.8, 4) is 5.75 Å². The molecule has 2 aromatic heterocycles. The molecule has 4 rings (SSSR count). The highest BCUT2D eigenvalue weighted by Gasteiger charge is 2.57. The largest absolute Gasteiger partial charge is 0.508 e. The van der Waals surface area contributed by atoms with E-state index in [-0.39, 0.29) is 34.6 Å². The maximum atomic E-state index is 10.9. The lowest BCUT2D eigenvalue weighted by molar-refractivity contribution is -0.174. The number of hydrogen-bond donors (Lipinski definition) is 5. The topological polar surface area (TPSA) is 195 Å². The molecule has 1 aliphatic heterocycles. The number of phenolic OH excluding ortho intramolecular Hbond substituents is 1. The molecular formula is C19H22N8O5. The van der Waals surface area contributed by atoms with Crippen LogP contribution in [0.15, 0.2) is 35.7 Å². The number of nitrogens with zero attached hydrogens (tertiary/aromatic N) is 7. The number of aliphatic hydroxyl groups is 3. The normalized spacial score (nSPS) is 25.2. The molecule has 1 aliphatic rings. The number of fused-ring (bicyclic) bond motifs is 1. The van der Waals surface area contributed by atoms with Crippen molar-refractivity contribution >= 4 is 28.6 Å². The van der Waals surface area contributed by atoms with E-state index in [1.165, 1.54) is 23.0 Å². The van der Waals surface area contributed by atoms with E-state index in [2.05, 4.69) is 30.3 Å². The number of rotatable bonds is 6. The van der Waals surface area contributed by atoms with E-state index in [4.69, 9.17) is 10.3 Å². The van der Waals surface area contributed by atoms with E-state index in [1.807, 2.05) is 0 Å². The summed E-state index contributed by atoms with van der Waals surface area (Å²) in [6, 6.07) is 6.21. The summed E-state index contributed by atoms with van der Waals surface area (Å²) < 4.78 is 7.42. The van der Waals surface area contributed by atoms with Crippen molar-refractivity contribution < 1.29 is 25.2 Å². The molecule has 1 fully saturated rings. The Morgan fingerprint density at radius 3 is 2.59 bits per heavy atom. The summed E-state index contributed by atoms with van der Waals surface area (Å²) in [4.78, 5) is 15.6. The first-order valence-electron chi connectivity index (χ1n) is 9.83. The summed E-state index contributed by atoms with van der Waals surface area (Å²) in [6.45, 7) is 3.07. The highest BCUT2D eigenvalue weighted by molar-refractivity contribution is 5.86. The first-order valence-corrected chi connectivity index (χ1v) is 9.83. The van der Waals surface area contributed by atoms with Crippen LogP contribution in [0, 0.1) is 5.92 Å². The van der Waals surface area contributed by atoms with Crippen molar-refractivity contribution in [1.82, 2.24) is 19.5 Å². The van der Waals surface area contributed by atoms with Crippen LogP contribution in [0.4, 0.5) is 17.5 Å². The molecule has 1 saturated heterocycles. The Hall–Kier alpha value is -3.48. The Morgan fingerprint density at radius 1 is 1.28 bits per heavy atom. The Morgan fingerprint density at radius 2 is 2.00 bits per heavy atom. The number of anilines is 2. The van der Waals surface area contributed by atoms with Gasteiger partial charge in [-0.05, 0) is 34.9 Å². The molecule has 4 atom stereocenters. The molecule has 1 aromatic carbocycles. The number of benzene rings is 1.